The first-order chi connectivity index (χ1) is 14.7. The number of hydrogen-bond acceptors (Lipinski definition) is 5. The van der Waals surface area contributed by atoms with Crippen molar-refractivity contribution in [3.05, 3.63) is 76.9 Å². The summed E-state index contributed by atoms with van der Waals surface area (Å²) in [5, 5.41) is 5.80. The van der Waals surface area contributed by atoms with Crippen molar-refractivity contribution in [2.24, 2.45) is 0 Å². The van der Waals surface area contributed by atoms with Crippen LogP contribution in [0.25, 0.3) is 53.6 Å². The maximum Gasteiger partial charge on any atom is 0.116 e. The van der Waals surface area contributed by atoms with Crippen LogP contribution in [0, 0.1) is 13.8 Å². The second-order valence-corrected chi connectivity index (χ2v) is 9.34. The first-order valence-corrected chi connectivity index (χ1v) is 11.5. The Morgan fingerprint density at radius 3 is 2.67 bits per heavy atom. The number of aromatic nitrogens is 3. The molecule has 0 radical (unpaired) electrons. The van der Waals surface area contributed by atoms with E-state index in [1.54, 1.807) is 17.7 Å². The summed E-state index contributed by atoms with van der Waals surface area (Å²) in [6.07, 6.45) is 1.68. The Morgan fingerprint density at radius 1 is 0.867 bits per heavy atom. The molecule has 3 heterocycles. The highest BCUT2D eigenvalue weighted by Crippen LogP contribution is 2.42. The standard InChI is InChI=1S/C25H17N3S2/c1-14-8-18-23-15(2)4-3-5-22(23)30-25(18)19(9-14)24-17-7-6-16(21-11-29-13-28-21)10-20(17)26-12-27-24/h3-13H,1-2H3. The summed E-state index contributed by atoms with van der Waals surface area (Å²) >= 11 is 3.45. The van der Waals surface area contributed by atoms with E-state index in [1.807, 2.05) is 16.8 Å². The van der Waals surface area contributed by atoms with E-state index >= 15 is 0 Å². The van der Waals surface area contributed by atoms with E-state index in [4.69, 9.17) is 4.98 Å². The molecule has 3 aromatic carbocycles. The summed E-state index contributed by atoms with van der Waals surface area (Å²) in [7, 11) is 0. The van der Waals surface area contributed by atoms with Crippen LogP contribution in [-0.2, 0) is 0 Å². The van der Waals surface area contributed by atoms with Crippen molar-refractivity contribution in [1.82, 2.24) is 15.0 Å². The summed E-state index contributed by atoms with van der Waals surface area (Å²) in [6.45, 7) is 4.35. The molecule has 0 N–H and O–H groups in total. The van der Waals surface area contributed by atoms with Gasteiger partial charge in [-0.1, -0.05) is 18.2 Å². The van der Waals surface area contributed by atoms with Crippen LogP contribution in [0.2, 0.25) is 0 Å². The largest absolute Gasteiger partial charge is 0.245 e. The van der Waals surface area contributed by atoms with Crippen LogP contribution < -0.4 is 0 Å². The summed E-state index contributed by atoms with van der Waals surface area (Å²) < 4.78 is 2.61. The fraction of sp³-hybridized carbons (Fsp3) is 0.0800. The van der Waals surface area contributed by atoms with Gasteiger partial charge in [-0.15, -0.1) is 22.7 Å². The third-order valence-corrected chi connectivity index (χ3v) is 7.36. The van der Waals surface area contributed by atoms with Crippen LogP contribution in [0.4, 0.5) is 0 Å². The number of aryl methyl sites for hydroxylation is 2. The smallest absolute Gasteiger partial charge is 0.116 e. The van der Waals surface area contributed by atoms with Crippen LogP contribution in [0.1, 0.15) is 11.1 Å². The maximum atomic E-state index is 4.74. The summed E-state index contributed by atoms with van der Waals surface area (Å²) in [4.78, 5) is 13.7. The predicted octanol–water partition coefficient (Wildman–Crippen LogP) is 7.41. The molecule has 0 aliphatic heterocycles. The van der Waals surface area contributed by atoms with Crippen molar-refractivity contribution in [1.29, 1.82) is 0 Å². The molecule has 3 nitrogen and oxygen atoms in total. The van der Waals surface area contributed by atoms with Gasteiger partial charge in [-0.3, -0.25) is 0 Å². The van der Waals surface area contributed by atoms with Crippen LogP contribution in [0.5, 0.6) is 0 Å². The van der Waals surface area contributed by atoms with Gasteiger partial charge in [0.05, 0.1) is 22.4 Å². The molecule has 6 aromatic rings. The van der Waals surface area contributed by atoms with Gasteiger partial charge in [-0.25, -0.2) is 15.0 Å². The number of hydrogen-bond donors (Lipinski definition) is 0. The van der Waals surface area contributed by atoms with Gasteiger partial charge in [-0.2, -0.15) is 0 Å². The van der Waals surface area contributed by atoms with E-state index in [0.29, 0.717) is 0 Å². The maximum absolute atomic E-state index is 4.74. The van der Waals surface area contributed by atoms with Crippen molar-refractivity contribution in [3.63, 3.8) is 0 Å². The molecule has 144 valence electrons. The minimum Gasteiger partial charge on any atom is -0.245 e. The Bertz CT molecular complexity index is 1560. The van der Waals surface area contributed by atoms with Gasteiger partial charge in [0.25, 0.3) is 0 Å². The summed E-state index contributed by atoms with van der Waals surface area (Å²) in [6, 6.07) is 17.5. The molecule has 0 atom stereocenters. The van der Waals surface area contributed by atoms with Crippen LogP contribution in [0.15, 0.2) is 65.7 Å². The zero-order valence-electron chi connectivity index (χ0n) is 16.5. The second kappa shape index (κ2) is 6.69. The minimum atomic E-state index is 0.942. The monoisotopic (exact) mass is 423 g/mol. The molecular formula is C25H17N3S2. The molecular weight excluding hydrogens is 406 g/mol. The lowest BCUT2D eigenvalue weighted by Gasteiger charge is -2.09. The fourth-order valence-electron chi connectivity index (χ4n) is 4.21. The van der Waals surface area contributed by atoms with Gasteiger partial charge < -0.3 is 0 Å². The Labute approximate surface area is 181 Å². The summed E-state index contributed by atoms with van der Waals surface area (Å²) in [5.74, 6) is 0. The third kappa shape index (κ3) is 2.66. The molecule has 0 spiro atoms. The number of nitrogens with zero attached hydrogens (tertiary/aromatic N) is 3. The van der Waals surface area contributed by atoms with Crippen molar-refractivity contribution in [2.45, 2.75) is 13.8 Å². The normalized spacial score (nSPS) is 11.7. The molecule has 0 saturated heterocycles. The third-order valence-electron chi connectivity index (χ3n) is 5.57. The number of fused-ring (bicyclic) bond motifs is 4. The Kier molecular flexibility index (Phi) is 3.94. The van der Waals surface area contributed by atoms with Crippen LogP contribution in [0.3, 0.4) is 0 Å². The zero-order valence-corrected chi connectivity index (χ0v) is 18.1. The van der Waals surface area contributed by atoms with Gasteiger partial charge in [0.15, 0.2) is 0 Å². The first-order valence-electron chi connectivity index (χ1n) is 9.75. The number of rotatable bonds is 2. The molecule has 0 saturated carbocycles. The number of thiazole rings is 1. The van der Waals surface area contributed by atoms with Gasteiger partial charge in [-0.05, 0) is 55.3 Å². The van der Waals surface area contributed by atoms with E-state index in [0.717, 1.165) is 27.9 Å². The fourth-order valence-corrected chi connectivity index (χ4v) is 6.05. The van der Waals surface area contributed by atoms with Crippen LogP contribution in [-0.4, -0.2) is 15.0 Å². The molecule has 5 heteroatoms. The molecule has 3 aromatic heterocycles. The molecule has 0 unspecified atom stereocenters. The molecule has 0 amide bonds. The lowest BCUT2D eigenvalue weighted by Crippen LogP contribution is -1.91. The molecule has 0 aliphatic rings. The molecule has 0 fully saturated rings. The average Bonchev–Trinajstić information content (AvgIpc) is 3.41. The topological polar surface area (TPSA) is 38.7 Å². The van der Waals surface area contributed by atoms with E-state index in [-0.39, 0.29) is 0 Å². The predicted molar refractivity (Wildman–Crippen MR) is 128 cm³/mol. The first kappa shape index (κ1) is 17.7. The van der Waals surface area contributed by atoms with Crippen LogP contribution >= 0.6 is 22.7 Å². The second-order valence-electron chi connectivity index (χ2n) is 7.57. The molecule has 0 aliphatic carbocycles. The number of thiophene rings is 1. The van der Waals surface area contributed by atoms with Crippen molar-refractivity contribution in [3.8, 4) is 22.5 Å². The highest BCUT2D eigenvalue weighted by molar-refractivity contribution is 7.26. The van der Waals surface area contributed by atoms with Crippen molar-refractivity contribution < 1.29 is 0 Å². The van der Waals surface area contributed by atoms with Gasteiger partial charge in [0.2, 0.25) is 0 Å². The minimum absolute atomic E-state index is 0.942. The number of benzene rings is 3. The summed E-state index contributed by atoms with van der Waals surface area (Å²) in [5.41, 5.74) is 9.60. The zero-order chi connectivity index (χ0) is 20.2. The SMILES string of the molecule is Cc1cc(-c2ncnc3cc(-c4cscn4)ccc23)c2sc3cccc(C)c3c2c1. The molecule has 30 heavy (non-hydrogen) atoms. The highest BCUT2D eigenvalue weighted by Gasteiger charge is 2.16. The molecule has 0 bridgehead atoms. The van der Waals surface area contributed by atoms with Gasteiger partial charge in [0, 0.05) is 42.1 Å². The highest BCUT2D eigenvalue weighted by atomic mass is 32.1. The van der Waals surface area contributed by atoms with Crippen molar-refractivity contribution >= 4 is 53.7 Å². The van der Waals surface area contributed by atoms with Gasteiger partial charge in [0.1, 0.15) is 6.33 Å². The van der Waals surface area contributed by atoms with Gasteiger partial charge >= 0.3 is 0 Å². The van der Waals surface area contributed by atoms with Crippen molar-refractivity contribution in [2.75, 3.05) is 0 Å². The quantitative estimate of drug-likeness (QED) is 0.291. The van der Waals surface area contributed by atoms with E-state index in [2.05, 4.69) is 77.7 Å². The van der Waals surface area contributed by atoms with E-state index in [9.17, 15) is 0 Å². The lowest BCUT2D eigenvalue weighted by atomic mass is 9.99. The Morgan fingerprint density at radius 2 is 1.80 bits per heavy atom. The Hall–Kier alpha value is -3.15. The van der Waals surface area contributed by atoms with E-state index in [1.165, 1.54) is 36.9 Å². The Balaban J connectivity index is 1.66. The average molecular weight is 424 g/mol. The lowest BCUT2D eigenvalue weighted by molar-refractivity contribution is 1.23. The van der Waals surface area contributed by atoms with E-state index < -0.39 is 0 Å². The molecule has 6 rings (SSSR count).